The van der Waals surface area contributed by atoms with Crippen LogP contribution in [-0.4, -0.2) is 23.3 Å². The first-order valence-electron chi connectivity index (χ1n) is 5.90. The first kappa shape index (κ1) is 14.0. The molecular formula is C14H12ClN3O2. The molecule has 0 fully saturated rings. The van der Waals surface area contributed by atoms with Gasteiger partial charge in [0.2, 0.25) is 5.91 Å². The Hall–Kier alpha value is -2.40. The van der Waals surface area contributed by atoms with Gasteiger partial charge in [0.1, 0.15) is 5.82 Å². The van der Waals surface area contributed by atoms with Crippen molar-refractivity contribution in [2.75, 3.05) is 11.9 Å². The zero-order chi connectivity index (χ0) is 14.4. The van der Waals surface area contributed by atoms with E-state index in [4.69, 9.17) is 11.6 Å². The second-order valence-electron chi connectivity index (χ2n) is 3.96. The van der Waals surface area contributed by atoms with Crippen molar-refractivity contribution in [2.24, 2.45) is 0 Å². The summed E-state index contributed by atoms with van der Waals surface area (Å²) in [5, 5.41) is 5.54. The Balaban J connectivity index is 1.85. The highest BCUT2D eigenvalue weighted by atomic mass is 35.5. The third kappa shape index (κ3) is 4.07. The van der Waals surface area contributed by atoms with E-state index >= 15 is 0 Å². The van der Waals surface area contributed by atoms with E-state index in [2.05, 4.69) is 15.6 Å². The van der Waals surface area contributed by atoms with Crippen LogP contribution in [0.3, 0.4) is 0 Å². The van der Waals surface area contributed by atoms with Crippen LogP contribution in [-0.2, 0) is 4.79 Å². The second-order valence-corrected chi connectivity index (χ2v) is 4.39. The topological polar surface area (TPSA) is 71.1 Å². The molecule has 0 aliphatic carbocycles. The van der Waals surface area contributed by atoms with Gasteiger partial charge >= 0.3 is 0 Å². The van der Waals surface area contributed by atoms with Crippen molar-refractivity contribution in [3.63, 3.8) is 0 Å². The van der Waals surface area contributed by atoms with Gasteiger partial charge < -0.3 is 10.6 Å². The summed E-state index contributed by atoms with van der Waals surface area (Å²) in [6.07, 6.45) is 1.49. The Morgan fingerprint density at radius 1 is 1.15 bits per heavy atom. The molecule has 0 saturated carbocycles. The average molecular weight is 290 g/mol. The molecule has 6 heteroatoms. The van der Waals surface area contributed by atoms with Crippen LogP contribution in [0.4, 0.5) is 5.82 Å². The highest BCUT2D eigenvalue weighted by Gasteiger charge is 2.08. The van der Waals surface area contributed by atoms with Crippen LogP contribution in [0.2, 0.25) is 5.02 Å². The Morgan fingerprint density at radius 3 is 2.60 bits per heavy atom. The fraction of sp³-hybridized carbons (Fsp3) is 0.0714. The number of aromatic nitrogens is 1. The van der Waals surface area contributed by atoms with Crippen LogP contribution in [0.1, 0.15) is 10.4 Å². The molecule has 0 aliphatic rings. The van der Waals surface area contributed by atoms with Gasteiger partial charge in [0.15, 0.2) is 0 Å². The van der Waals surface area contributed by atoms with Gasteiger partial charge in [0.05, 0.1) is 6.54 Å². The molecule has 0 radical (unpaired) electrons. The molecule has 0 saturated heterocycles. The highest BCUT2D eigenvalue weighted by molar-refractivity contribution is 6.30. The van der Waals surface area contributed by atoms with Crippen LogP contribution < -0.4 is 10.6 Å². The van der Waals surface area contributed by atoms with Crippen LogP contribution in [0.5, 0.6) is 0 Å². The third-order valence-corrected chi connectivity index (χ3v) is 2.67. The van der Waals surface area contributed by atoms with E-state index in [0.29, 0.717) is 16.4 Å². The largest absolute Gasteiger partial charge is 0.343 e. The summed E-state index contributed by atoms with van der Waals surface area (Å²) in [6, 6.07) is 11.8. The van der Waals surface area contributed by atoms with Crippen molar-refractivity contribution >= 4 is 29.2 Å². The lowest BCUT2D eigenvalue weighted by Crippen LogP contribution is -2.32. The summed E-state index contributed by atoms with van der Waals surface area (Å²) in [6.45, 7) is -0.137. The second kappa shape index (κ2) is 6.68. The number of nitrogens with zero attached hydrogens (tertiary/aromatic N) is 1. The quantitative estimate of drug-likeness (QED) is 0.905. The van der Waals surface area contributed by atoms with E-state index in [1.165, 1.54) is 12.3 Å². The number of amides is 2. The summed E-state index contributed by atoms with van der Waals surface area (Å²) in [4.78, 5) is 27.3. The highest BCUT2D eigenvalue weighted by Crippen LogP contribution is 2.11. The minimum absolute atomic E-state index is 0.137. The minimum Gasteiger partial charge on any atom is -0.343 e. The Morgan fingerprint density at radius 2 is 1.90 bits per heavy atom. The molecule has 0 bridgehead atoms. The van der Waals surface area contributed by atoms with E-state index in [1.807, 2.05) is 6.07 Å². The van der Waals surface area contributed by atoms with E-state index in [-0.39, 0.29) is 18.4 Å². The first-order chi connectivity index (χ1) is 9.65. The van der Waals surface area contributed by atoms with Crippen molar-refractivity contribution in [2.45, 2.75) is 0 Å². The van der Waals surface area contributed by atoms with Crippen LogP contribution in [0.25, 0.3) is 0 Å². The molecule has 2 N–H and O–H groups in total. The monoisotopic (exact) mass is 289 g/mol. The van der Waals surface area contributed by atoms with Crippen molar-refractivity contribution in [3.8, 4) is 0 Å². The van der Waals surface area contributed by atoms with Crippen LogP contribution >= 0.6 is 11.6 Å². The Kier molecular flexibility index (Phi) is 4.68. The van der Waals surface area contributed by atoms with Gasteiger partial charge in [-0.05, 0) is 24.3 Å². The molecule has 20 heavy (non-hydrogen) atoms. The standard InChI is InChI=1S/C14H12ClN3O2/c15-11-6-7-16-12(8-11)18-13(19)9-17-14(20)10-4-2-1-3-5-10/h1-8H,9H2,(H,17,20)(H,16,18,19). The van der Waals surface area contributed by atoms with Crippen molar-refractivity contribution in [3.05, 3.63) is 59.2 Å². The summed E-state index contributed by atoms with van der Waals surface area (Å²) >= 11 is 5.77. The van der Waals surface area contributed by atoms with Gasteiger partial charge in [0, 0.05) is 16.8 Å². The van der Waals surface area contributed by atoms with Gasteiger partial charge in [-0.2, -0.15) is 0 Å². The molecule has 2 rings (SSSR count). The third-order valence-electron chi connectivity index (χ3n) is 2.43. The number of carbonyl (C=O) groups excluding carboxylic acids is 2. The maximum Gasteiger partial charge on any atom is 0.251 e. The first-order valence-corrected chi connectivity index (χ1v) is 6.27. The van der Waals surface area contributed by atoms with Crippen molar-refractivity contribution in [1.29, 1.82) is 0 Å². The molecule has 0 atom stereocenters. The summed E-state index contributed by atoms with van der Waals surface area (Å²) in [5.41, 5.74) is 0.501. The summed E-state index contributed by atoms with van der Waals surface area (Å²) in [7, 11) is 0. The van der Waals surface area contributed by atoms with E-state index < -0.39 is 0 Å². The number of carbonyl (C=O) groups is 2. The smallest absolute Gasteiger partial charge is 0.251 e. The van der Waals surface area contributed by atoms with Crippen LogP contribution in [0, 0.1) is 0 Å². The van der Waals surface area contributed by atoms with E-state index in [0.717, 1.165) is 0 Å². The normalized spacial score (nSPS) is 9.85. The number of pyridine rings is 1. The minimum atomic E-state index is -0.371. The fourth-order valence-electron chi connectivity index (χ4n) is 1.51. The average Bonchev–Trinajstić information content (AvgIpc) is 2.46. The van der Waals surface area contributed by atoms with E-state index in [1.54, 1.807) is 30.3 Å². The lowest BCUT2D eigenvalue weighted by Gasteiger charge is -2.06. The zero-order valence-electron chi connectivity index (χ0n) is 10.5. The summed E-state index contributed by atoms with van der Waals surface area (Å²) in [5.74, 6) is -0.333. The maximum absolute atomic E-state index is 11.7. The number of hydrogen-bond acceptors (Lipinski definition) is 3. The fourth-order valence-corrected chi connectivity index (χ4v) is 1.67. The maximum atomic E-state index is 11.7. The van der Waals surface area contributed by atoms with Crippen LogP contribution in [0.15, 0.2) is 48.7 Å². The molecule has 1 aromatic carbocycles. The van der Waals surface area contributed by atoms with Gasteiger partial charge in [-0.25, -0.2) is 4.98 Å². The number of hydrogen-bond donors (Lipinski definition) is 2. The van der Waals surface area contributed by atoms with Gasteiger partial charge in [-0.15, -0.1) is 0 Å². The number of anilines is 1. The molecule has 5 nitrogen and oxygen atoms in total. The van der Waals surface area contributed by atoms with Crippen molar-refractivity contribution < 1.29 is 9.59 Å². The van der Waals surface area contributed by atoms with Gasteiger partial charge in [0.25, 0.3) is 5.91 Å². The molecule has 2 aromatic rings. The van der Waals surface area contributed by atoms with Gasteiger partial charge in [-0.3, -0.25) is 9.59 Å². The zero-order valence-corrected chi connectivity index (χ0v) is 11.2. The number of rotatable bonds is 4. The Labute approximate surface area is 121 Å². The predicted molar refractivity (Wildman–Crippen MR) is 76.7 cm³/mol. The number of benzene rings is 1. The SMILES string of the molecule is O=C(CNC(=O)c1ccccc1)Nc1cc(Cl)ccn1. The number of halogens is 1. The van der Waals surface area contributed by atoms with E-state index in [9.17, 15) is 9.59 Å². The van der Waals surface area contributed by atoms with Gasteiger partial charge in [-0.1, -0.05) is 29.8 Å². The molecule has 2 amide bonds. The lowest BCUT2D eigenvalue weighted by molar-refractivity contribution is -0.115. The lowest BCUT2D eigenvalue weighted by atomic mass is 10.2. The molecule has 1 heterocycles. The molecule has 0 unspecified atom stereocenters. The molecule has 1 aromatic heterocycles. The molecule has 102 valence electrons. The van der Waals surface area contributed by atoms with Crippen molar-refractivity contribution in [1.82, 2.24) is 10.3 Å². The number of nitrogens with one attached hydrogen (secondary N) is 2. The predicted octanol–water partition coefficient (Wildman–Crippen LogP) is 2.10. The summed E-state index contributed by atoms with van der Waals surface area (Å²) < 4.78 is 0. The molecule has 0 spiro atoms. The molecular weight excluding hydrogens is 278 g/mol. The Bertz CT molecular complexity index is 617. The molecule has 0 aliphatic heterocycles.